The highest BCUT2D eigenvalue weighted by atomic mass is 15.3. The van der Waals surface area contributed by atoms with Crippen molar-refractivity contribution in [1.82, 2.24) is 24.4 Å². The second kappa shape index (κ2) is 6.87. The van der Waals surface area contributed by atoms with Gasteiger partial charge in [0.2, 0.25) is 0 Å². The minimum Gasteiger partial charge on any atom is -0.355 e. The molecule has 3 aromatic heterocycles. The Balaban J connectivity index is 1.81. The van der Waals surface area contributed by atoms with Crippen LogP contribution in [0.2, 0.25) is 0 Å². The van der Waals surface area contributed by atoms with Crippen LogP contribution in [0, 0.1) is 13.8 Å². The lowest BCUT2D eigenvalue weighted by molar-refractivity contribution is 0.659. The summed E-state index contributed by atoms with van der Waals surface area (Å²) in [5.74, 6) is 1.01. The summed E-state index contributed by atoms with van der Waals surface area (Å²) in [6.45, 7) is 7.83. The van der Waals surface area contributed by atoms with Gasteiger partial charge in [0.15, 0.2) is 5.65 Å². The summed E-state index contributed by atoms with van der Waals surface area (Å²) in [7, 11) is 2.08. The van der Waals surface area contributed by atoms with Crippen LogP contribution in [0.4, 0.5) is 5.82 Å². The van der Waals surface area contributed by atoms with Crippen LogP contribution in [0.15, 0.2) is 48.8 Å². The zero-order valence-electron chi connectivity index (χ0n) is 16.2. The topological polar surface area (TPSA) is 51.2 Å². The summed E-state index contributed by atoms with van der Waals surface area (Å²) >= 11 is 0. The Morgan fingerprint density at radius 2 is 1.89 bits per heavy atom. The maximum atomic E-state index is 4.89. The molecule has 0 saturated carbocycles. The number of rotatable bonds is 5. The van der Waals surface area contributed by atoms with Gasteiger partial charge in [0.25, 0.3) is 0 Å². The van der Waals surface area contributed by atoms with Gasteiger partial charge in [0.1, 0.15) is 5.82 Å². The van der Waals surface area contributed by atoms with Gasteiger partial charge < -0.3 is 4.90 Å². The van der Waals surface area contributed by atoms with Crippen molar-refractivity contribution in [3.63, 3.8) is 0 Å². The fraction of sp³-hybridized carbons (Fsp3) is 0.286. The quantitative estimate of drug-likeness (QED) is 0.542. The van der Waals surface area contributed by atoms with E-state index >= 15 is 0 Å². The zero-order chi connectivity index (χ0) is 19.0. The van der Waals surface area contributed by atoms with E-state index in [4.69, 9.17) is 10.1 Å². The maximum absolute atomic E-state index is 4.89. The Bertz CT molecular complexity index is 1080. The van der Waals surface area contributed by atoms with E-state index in [9.17, 15) is 0 Å². The van der Waals surface area contributed by atoms with E-state index in [2.05, 4.69) is 55.3 Å². The van der Waals surface area contributed by atoms with Gasteiger partial charge in [0, 0.05) is 49.1 Å². The number of nitrogens with zero attached hydrogens (tertiary/aromatic N) is 6. The first-order valence-corrected chi connectivity index (χ1v) is 9.21. The summed E-state index contributed by atoms with van der Waals surface area (Å²) < 4.78 is 3.89. The summed E-state index contributed by atoms with van der Waals surface area (Å²) in [4.78, 5) is 7.09. The molecule has 0 fully saturated rings. The minimum absolute atomic E-state index is 0.755. The molecule has 0 bridgehead atoms. The van der Waals surface area contributed by atoms with E-state index in [0.717, 1.165) is 47.1 Å². The maximum Gasteiger partial charge on any atom is 0.161 e. The first-order valence-electron chi connectivity index (χ1n) is 9.21. The molecule has 0 N–H and O–H groups in total. The Hall–Kier alpha value is -3.15. The molecule has 4 aromatic rings. The van der Waals surface area contributed by atoms with Crippen molar-refractivity contribution in [2.75, 3.05) is 11.9 Å². The summed E-state index contributed by atoms with van der Waals surface area (Å²) in [5, 5.41) is 9.11. The van der Waals surface area contributed by atoms with Gasteiger partial charge >= 0.3 is 0 Å². The minimum atomic E-state index is 0.755. The van der Waals surface area contributed by atoms with Gasteiger partial charge in [-0.3, -0.25) is 4.68 Å². The highest BCUT2D eigenvalue weighted by Gasteiger charge is 2.16. The molecule has 0 aliphatic rings. The van der Waals surface area contributed by atoms with Crippen LogP contribution in [0.25, 0.3) is 16.9 Å². The van der Waals surface area contributed by atoms with Crippen molar-refractivity contribution in [1.29, 1.82) is 0 Å². The van der Waals surface area contributed by atoms with Crippen LogP contribution in [0.1, 0.15) is 23.7 Å². The molecule has 6 heteroatoms. The molecule has 0 aliphatic carbocycles. The van der Waals surface area contributed by atoms with Gasteiger partial charge in [-0.25, -0.2) is 4.98 Å². The monoisotopic (exact) mass is 360 g/mol. The molecule has 1 aromatic carbocycles. The third-order valence-corrected chi connectivity index (χ3v) is 4.93. The van der Waals surface area contributed by atoms with Crippen molar-refractivity contribution in [3.8, 4) is 11.3 Å². The zero-order valence-corrected chi connectivity index (χ0v) is 16.2. The Kier molecular flexibility index (Phi) is 4.39. The number of hydrogen-bond acceptors (Lipinski definition) is 4. The van der Waals surface area contributed by atoms with Crippen LogP contribution in [0.5, 0.6) is 0 Å². The Labute approximate surface area is 159 Å². The lowest BCUT2D eigenvalue weighted by Crippen LogP contribution is -2.20. The highest BCUT2D eigenvalue weighted by Crippen LogP contribution is 2.27. The number of anilines is 1. The summed E-state index contributed by atoms with van der Waals surface area (Å²) in [5.41, 5.74) is 6.25. The molecule has 0 unspecified atom stereocenters. The van der Waals surface area contributed by atoms with E-state index < -0.39 is 0 Å². The molecule has 3 heterocycles. The van der Waals surface area contributed by atoms with E-state index in [1.54, 1.807) is 0 Å². The van der Waals surface area contributed by atoms with Gasteiger partial charge in [-0.15, -0.1) is 0 Å². The molecule has 138 valence electrons. The molecule has 27 heavy (non-hydrogen) atoms. The molecular weight excluding hydrogens is 336 g/mol. The number of benzene rings is 1. The molecule has 0 spiro atoms. The average molecular weight is 360 g/mol. The van der Waals surface area contributed by atoms with Crippen LogP contribution >= 0.6 is 0 Å². The molecular formula is C21H24N6. The first-order chi connectivity index (χ1) is 13.1. The molecule has 0 amide bonds. The predicted molar refractivity (Wildman–Crippen MR) is 108 cm³/mol. The van der Waals surface area contributed by atoms with Gasteiger partial charge in [-0.05, 0) is 20.8 Å². The number of aromatic nitrogens is 5. The smallest absolute Gasteiger partial charge is 0.161 e. The van der Waals surface area contributed by atoms with E-state index in [0.29, 0.717) is 0 Å². The fourth-order valence-corrected chi connectivity index (χ4v) is 3.26. The molecule has 0 radical (unpaired) electrons. The SMILES string of the molecule is CCn1cc(CN(C)c2cc(-c3ccccc3)nc3c(C)c(C)nn23)cn1. The lowest BCUT2D eigenvalue weighted by atomic mass is 10.1. The second-order valence-corrected chi connectivity index (χ2v) is 6.87. The summed E-state index contributed by atoms with van der Waals surface area (Å²) in [6, 6.07) is 12.4. The fourth-order valence-electron chi connectivity index (χ4n) is 3.26. The number of hydrogen-bond donors (Lipinski definition) is 0. The van der Waals surface area contributed by atoms with Crippen molar-refractivity contribution in [3.05, 3.63) is 65.6 Å². The number of aryl methyl sites for hydroxylation is 3. The van der Waals surface area contributed by atoms with Crippen molar-refractivity contribution in [2.24, 2.45) is 0 Å². The van der Waals surface area contributed by atoms with Crippen LogP contribution in [-0.2, 0) is 13.1 Å². The third kappa shape index (κ3) is 3.18. The van der Waals surface area contributed by atoms with Crippen LogP contribution in [-0.4, -0.2) is 31.4 Å². The van der Waals surface area contributed by atoms with Gasteiger partial charge in [0.05, 0.1) is 17.6 Å². The molecule has 4 rings (SSSR count). The van der Waals surface area contributed by atoms with Crippen molar-refractivity contribution < 1.29 is 0 Å². The molecule has 0 atom stereocenters. The van der Waals surface area contributed by atoms with Crippen LogP contribution < -0.4 is 4.90 Å². The summed E-state index contributed by atoms with van der Waals surface area (Å²) in [6.07, 6.45) is 4.02. The van der Waals surface area contributed by atoms with Gasteiger partial charge in [-0.2, -0.15) is 14.7 Å². The molecule has 0 aliphatic heterocycles. The second-order valence-electron chi connectivity index (χ2n) is 6.87. The van der Waals surface area contributed by atoms with E-state index in [1.807, 2.05) is 40.5 Å². The van der Waals surface area contributed by atoms with E-state index in [-0.39, 0.29) is 0 Å². The molecule has 0 saturated heterocycles. The molecule has 6 nitrogen and oxygen atoms in total. The van der Waals surface area contributed by atoms with Crippen LogP contribution in [0.3, 0.4) is 0 Å². The number of fused-ring (bicyclic) bond motifs is 1. The Morgan fingerprint density at radius 3 is 2.59 bits per heavy atom. The van der Waals surface area contributed by atoms with Crippen molar-refractivity contribution >= 4 is 11.5 Å². The highest BCUT2D eigenvalue weighted by molar-refractivity contribution is 5.68. The largest absolute Gasteiger partial charge is 0.355 e. The predicted octanol–water partition coefficient (Wildman–Crippen LogP) is 3.87. The lowest BCUT2D eigenvalue weighted by Gasteiger charge is -2.20. The first kappa shape index (κ1) is 17.3. The van der Waals surface area contributed by atoms with Gasteiger partial charge in [-0.1, -0.05) is 30.3 Å². The third-order valence-electron chi connectivity index (χ3n) is 4.93. The Morgan fingerprint density at radius 1 is 1.11 bits per heavy atom. The average Bonchev–Trinajstić information content (AvgIpc) is 3.26. The normalized spacial score (nSPS) is 11.3. The standard InChI is InChI=1S/C21H24N6/c1-5-26-14-17(12-22-26)13-25(4)20-11-19(18-9-7-6-8-10-18)23-21-15(2)16(3)24-27(20)21/h6-12,14H,5,13H2,1-4H3. The van der Waals surface area contributed by atoms with E-state index in [1.165, 1.54) is 5.56 Å². The van der Waals surface area contributed by atoms with Crippen molar-refractivity contribution in [2.45, 2.75) is 33.9 Å².